The number of halogens is 1. The molecule has 7 nitrogen and oxygen atoms in total. The van der Waals surface area contributed by atoms with Crippen LogP contribution < -0.4 is 10.5 Å². The van der Waals surface area contributed by atoms with Gasteiger partial charge in [-0.1, -0.05) is 30.3 Å². The Kier molecular flexibility index (Phi) is 9.81. The van der Waals surface area contributed by atoms with E-state index < -0.39 is 9.84 Å². The summed E-state index contributed by atoms with van der Waals surface area (Å²) in [5, 5.41) is 7.45. The lowest BCUT2D eigenvalue weighted by molar-refractivity contribution is -0.140. The molecule has 0 aromatic heterocycles. The zero-order chi connectivity index (χ0) is 21.4. The summed E-state index contributed by atoms with van der Waals surface area (Å²) in [6, 6.07) is 12.1. The largest absolute Gasteiger partial charge is 0.492 e. The molecule has 0 saturated carbocycles. The first-order chi connectivity index (χ1) is 13.7. The number of sulfone groups is 1. The van der Waals surface area contributed by atoms with Gasteiger partial charge in [0.2, 0.25) is 0 Å². The van der Waals surface area contributed by atoms with Crippen LogP contribution in [0.15, 0.2) is 47.4 Å². The van der Waals surface area contributed by atoms with Gasteiger partial charge in [-0.2, -0.15) is 0 Å². The predicted octanol–water partition coefficient (Wildman–Crippen LogP) is 3.58. The molecule has 164 valence electrons. The van der Waals surface area contributed by atoms with E-state index in [4.69, 9.17) is 15.9 Å². The molecule has 0 aliphatic heterocycles. The molecule has 2 aromatic carbocycles. The van der Waals surface area contributed by atoms with Gasteiger partial charge in [0.15, 0.2) is 9.84 Å². The van der Waals surface area contributed by atoms with Crippen molar-refractivity contribution in [3.8, 4) is 16.9 Å². The van der Waals surface area contributed by atoms with Crippen LogP contribution in [0, 0.1) is 5.41 Å². The highest BCUT2D eigenvalue weighted by molar-refractivity contribution is 7.90. The molecular weight excluding hydrogens is 428 g/mol. The van der Waals surface area contributed by atoms with Gasteiger partial charge in [-0.15, -0.1) is 12.4 Å². The molecule has 0 unspecified atom stereocenters. The lowest BCUT2D eigenvalue weighted by atomic mass is 10.0. The summed E-state index contributed by atoms with van der Waals surface area (Å²) in [4.78, 5) is 11.2. The van der Waals surface area contributed by atoms with Gasteiger partial charge in [0.05, 0.1) is 13.7 Å². The first-order valence-electron chi connectivity index (χ1n) is 9.21. The minimum Gasteiger partial charge on any atom is -0.492 e. The van der Waals surface area contributed by atoms with Crippen LogP contribution in [0.25, 0.3) is 11.1 Å². The highest BCUT2D eigenvalue weighted by atomic mass is 35.5. The second kappa shape index (κ2) is 11.6. The number of hydrogen-bond acceptors (Lipinski definition) is 6. The van der Waals surface area contributed by atoms with Crippen LogP contribution in [-0.2, 0) is 19.4 Å². The standard InChI is InChI=1S/C21H26N2O5S.ClH/c1-27-20(24)6-4-3-5-13-28-18-12-11-17(14-19(18)29(2,25)26)15-7-9-16(10-8-15)21(22)23;/h7-12,14H,3-6,13H2,1-2H3,(H3,22,23);1H. The Bertz CT molecular complexity index is 975. The molecule has 0 heterocycles. The van der Waals surface area contributed by atoms with E-state index in [0.717, 1.165) is 23.8 Å². The maximum atomic E-state index is 12.2. The molecule has 0 spiro atoms. The number of benzene rings is 2. The molecule has 0 amide bonds. The van der Waals surface area contributed by atoms with Gasteiger partial charge in [-0.25, -0.2) is 8.42 Å². The van der Waals surface area contributed by atoms with Crippen LogP contribution in [0.4, 0.5) is 0 Å². The smallest absolute Gasteiger partial charge is 0.305 e. The number of amidine groups is 1. The van der Waals surface area contributed by atoms with Crippen molar-refractivity contribution in [2.45, 2.75) is 30.6 Å². The van der Waals surface area contributed by atoms with Gasteiger partial charge in [-0.05, 0) is 42.5 Å². The number of ether oxygens (including phenoxy) is 2. The van der Waals surface area contributed by atoms with Gasteiger partial charge >= 0.3 is 5.97 Å². The maximum Gasteiger partial charge on any atom is 0.305 e. The molecular formula is C21H27ClN2O5S. The second-order valence-corrected chi connectivity index (χ2v) is 8.64. The summed E-state index contributed by atoms with van der Waals surface area (Å²) in [7, 11) is -2.13. The molecule has 0 atom stereocenters. The first-order valence-corrected chi connectivity index (χ1v) is 11.1. The molecule has 2 aromatic rings. The minimum atomic E-state index is -3.49. The van der Waals surface area contributed by atoms with Gasteiger partial charge in [0.25, 0.3) is 0 Å². The summed E-state index contributed by atoms with van der Waals surface area (Å²) in [6.07, 6.45) is 3.69. The number of rotatable bonds is 10. The molecule has 30 heavy (non-hydrogen) atoms. The summed E-state index contributed by atoms with van der Waals surface area (Å²) in [5.74, 6) is 0.0467. The highest BCUT2D eigenvalue weighted by Gasteiger charge is 2.16. The normalized spacial score (nSPS) is 10.7. The maximum absolute atomic E-state index is 12.2. The molecule has 0 fully saturated rings. The Balaban J connectivity index is 0.00000450. The molecule has 0 aliphatic rings. The van der Waals surface area contributed by atoms with Crippen molar-refractivity contribution in [3.05, 3.63) is 48.0 Å². The molecule has 0 aliphatic carbocycles. The van der Waals surface area contributed by atoms with Gasteiger partial charge < -0.3 is 15.2 Å². The van der Waals surface area contributed by atoms with Gasteiger partial charge in [0.1, 0.15) is 16.5 Å². The van der Waals surface area contributed by atoms with Crippen molar-refractivity contribution >= 4 is 34.0 Å². The summed E-state index contributed by atoms with van der Waals surface area (Å²) >= 11 is 0. The number of nitrogens with two attached hydrogens (primary N) is 1. The SMILES string of the molecule is COC(=O)CCCCCOc1ccc(-c2ccc(C(=N)N)cc2)cc1S(C)(=O)=O.Cl. The summed E-state index contributed by atoms with van der Waals surface area (Å²) in [6.45, 7) is 0.357. The zero-order valence-electron chi connectivity index (χ0n) is 17.0. The number of nitrogens with one attached hydrogen (secondary N) is 1. The average Bonchev–Trinajstić information content (AvgIpc) is 2.69. The summed E-state index contributed by atoms with van der Waals surface area (Å²) < 4.78 is 34.8. The third-order valence-corrected chi connectivity index (χ3v) is 5.50. The Morgan fingerprint density at radius 3 is 2.23 bits per heavy atom. The van der Waals surface area contributed by atoms with Crippen LogP contribution >= 0.6 is 12.4 Å². The fourth-order valence-electron chi connectivity index (χ4n) is 2.77. The Labute approximate surface area is 183 Å². The number of carbonyl (C=O) groups is 1. The number of esters is 1. The first kappa shape index (κ1) is 25.5. The van der Waals surface area contributed by atoms with Crippen LogP contribution in [0.5, 0.6) is 5.75 Å². The van der Waals surface area contributed by atoms with E-state index in [1.807, 2.05) is 0 Å². The van der Waals surface area contributed by atoms with E-state index in [2.05, 4.69) is 4.74 Å². The zero-order valence-corrected chi connectivity index (χ0v) is 18.6. The van der Waals surface area contributed by atoms with Crippen LogP contribution in [0.1, 0.15) is 31.2 Å². The third kappa shape index (κ3) is 7.35. The number of unbranched alkanes of at least 4 members (excludes halogenated alkanes) is 2. The monoisotopic (exact) mass is 454 g/mol. The van der Waals surface area contributed by atoms with Crippen LogP contribution in [-0.4, -0.2) is 40.2 Å². The van der Waals surface area contributed by atoms with Gasteiger partial charge in [-0.3, -0.25) is 10.2 Å². The topological polar surface area (TPSA) is 120 Å². The van der Waals surface area contributed by atoms with E-state index >= 15 is 0 Å². The van der Waals surface area contributed by atoms with Crippen molar-refractivity contribution in [1.29, 1.82) is 5.41 Å². The van der Waals surface area contributed by atoms with E-state index in [1.165, 1.54) is 7.11 Å². The number of hydrogen-bond donors (Lipinski definition) is 2. The fourth-order valence-corrected chi connectivity index (χ4v) is 3.60. The third-order valence-electron chi connectivity index (χ3n) is 4.38. The Morgan fingerprint density at radius 2 is 1.67 bits per heavy atom. The number of carbonyl (C=O) groups excluding carboxylic acids is 1. The Morgan fingerprint density at radius 1 is 1.03 bits per heavy atom. The summed E-state index contributed by atoms with van der Waals surface area (Å²) in [5.41, 5.74) is 7.61. The molecule has 0 bridgehead atoms. The number of methoxy groups -OCH3 is 1. The Hall–Kier alpha value is -2.58. The quantitative estimate of drug-likeness (QED) is 0.245. The predicted molar refractivity (Wildman–Crippen MR) is 119 cm³/mol. The molecule has 0 saturated heterocycles. The lowest BCUT2D eigenvalue weighted by Gasteiger charge is -2.13. The fraction of sp³-hybridized carbons (Fsp3) is 0.333. The van der Waals surface area contributed by atoms with Crippen molar-refractivity contribution in [2.75, 3.05) is 20.0 Å². The van der Waals surface area contributed by atoms with Crippen LogP contribution in [0.2, 0.25) is 0 Å². The van der Waals surface area contributed by atoms with E-state index in [0.29, 0.717) is 37.2 Å². The second-order valence-electron chi connectivity index (χ2n) is 6.66. The van der Waals surface area contributed by atoms with E-state index in [9.17, 15) is 13.2 Å². The minimum absolute atomic E-state index is 0. The molecule has 3 N–H and O–H groups in total. The van der Waals surface area contributed by atoms with Gasteiger partial charge in [0, 0.05) is 18.2 Å². The van der Waals surface area contributed by atoms with Crippen LogP contribution in [0.3, 0.4) is 0 Å². The highest BCUT2D eigenvalue weighted by Crippen LogP contribution is 2.30. The molecule has 0 radical (unpaired) electrons. The molecule has 2 rings (SSSR count). The lowest BCUT2D eigenvalue weighted by Crippen LogP contribution is -2.10. The van der Waals surface area contributed by atoms with Crippen molar-refractivity contribution in [2.24, 2.45) is 5.73 Å². The van der Waals surface area contributed by atoms with E-state index in [-0.39, 0.29) is 29.1 Å². The number of nitrogen functional groups attached to an aromatic ring is 1. The van der Waals surface area contributed by atoms with Crippen molar-refractivity contribution in [1.82, 2.24) is 0 Å². The molecule has 9 heteroatoms. The van der Waals surface area contributed by atoms with Crippen molar-refractivity contribution in [3.63, 3.8) is 0 Å². The van der Waals surface area contributed by atoms with E-state index in [1.54, 1.807) is 42.5 Å². The van der Waals surface area contributed by atoms with Crippen molar-refractivity contribution < 1.29 is 22.7 Å². The average molecular weight is 455 g/mol.